The van der Waals surface area contributed by atoms with Crippen LogP contribution >= 0.6 is 23.5 Å². The molecule has 104 valence electrons. The summed E-state index contributed by atoms with van der Waals surface area (Å²) in [5.41, 5.74) is -0.117. The van der Waals surface area contributed by atoms with Crippen molar-refractivity contribution < 1.29 is 19.1 Å². The minimum atomic E-state index is -0.459. The average Bonchev–Trinajstić information content (AvgIpc) is 2.35. The van der Waals surface area contributed by atoms with E-state index in [4.69, 9.17) is 9.47 Å². The third-order valence-corrected chi connectivity index (χ3v) is 5.49. The molecule has 0 aromatic carbocycles. The van der Waals surface area contributed by atoms with E-state index in [0.29, 0.717) is 11.7 Å². The Bertz CT molecular complexity index is 296. The Morgan fingerprint density at radius 2 is 2.11 bits per heavy atom. The van der Waals surface area contributed by atoms with E-state index in [9.17, 15) is 9.59 Å². The summed E-state index contributed by atoms with van der Waals surface area (Å²) in [6.07, 6.45) is 0.709. The molecule has 0 radical (unpaired) electrons. The van der Waals surface area contributed by atoms with Gasteiger partial charge in [0.15, 0.2) is 12.0 Å². The molecule has 1 rings (SSSR count). The number of esters is 2. The lowest BCUT2D eigenvalue weighted by molar-refractivity contribution is -0.161. The molecule has 1 aliphatic rings. The van der Waals surface area contributed by atoms with Crippen LogP contribution in [-0.4, -0.2) is 40.7 Å². The molecule has 0 aliphatic carbocycles. The van der Waals surface area contributed by atoms with E-state index in [0.717, 1.165) is 11.5 Å². The lowest BCUT2D eigenvalue weighted by atomic mass is 10.1. The highest BCUT2D eigenvalue weighted by Crippen LogP contribution is 2.30. The van der Waals surface area contributed by atoms with Crippen molar-refractivity contribution in [3.63, 3.8) is 0 Å². The van der Waals surface area contributed by atoms with Crippen LogP contribution in [-0.2, 0) is 19.1 Å². The second-order valence-corrected chi connectivity index (χ2v) is 7.00. The number of carbonyl (C=O) groups is 2. The van der Waals surface area contributed by atoms with Crippen LogP contribution in [0.3, 0.4) is 0 Å². The molecule has 1 aliphatic heterocycles. The third kappa shape index (κ3) is 5.52. The van der Waals surface area contributed by atoms with Gasteiger partial charge in [-0.1, -0.05) is 20.8 Å². The molecule has 0 bridgehead atoms. The first-order valence-electron chi connectivity index (χ1n) is 6.12. The minimum absolute atomic E-state index is 0.117. The summed E-state index contributed by atoms with van der Waals surface area (Å²) in [6.45, 7) is 5.52. The lowest BCUT2D eigenvalue weighted by Crippen LogP contribution is -2.28. The van der Waals surface area contributed by atoms with Gasteiger partial charge in [0.1, 0.15) is 0 Å². The second-order valence-electron chi connectivity index (χ2n) is 4.32. The fourth-order valence-corrected chi connectivity index (χ4v) is 3.96. The molecule has 1 saturated heterocycles. The van der Waals surface area contributed by atoms with Crippen molar-refractivity contribution >= 4 is 35.5 Å². The van der Waals surface area contributed by atoms with Gasteiger partial charge in [-0.25, -0.2) is 4.79 Å². The largest absolute Gasteiger partial charge is 0.453 e. The molecule has 0 saturated carbocycles. The number of thioether (sulfide) groups is 2. The highest BCUT2D eigenvalue weighted by Gasteiger charge is 2.24. The van der Waals surface area contributed by atoms with Crippen LogP contribution in [0, 0.1) is 5.92 Å². The molecule has 3 atom stereocenters. The Hall–Kier alpha value is -0.360. The van der Waals surface area contributed by atoms with E-state index in [1.54, 1.807) is 30.4 Å². The fraction of sp³-hybridized carbons (Fsp3) is 0.833. The van der Waals surface area contributed by atoms with Crippen LogP contribution < -0.4 is 0 Å². The quantitative estimate of drug-likeness (QED) is 0.725. The maximum absolute atomic E-state index is 11.5. The monoisotopic (exact) mass is 292 g/mol. The van der Waals surface area contributed by atoms with Gasteiger partial charge in [-0.15, -0.1) is 11.8 Å². The molecule has 3 unspecified atom stereocenters. The molecule has 6 heteroatoms. The van der Waals surface area contributed by atoms with Gasteiger partial charge in [0.2, 0.25) is 0 Å². The van der Waals surface area contributed by atoms with Crippen LogP contribution in [0.1, 0.15) is 27.2 Å². The standard InChI is InChI=1S/C12H20O4S2/c1-4-8(2)12(14)15-5-10(13)16-11-7-17-6-9(3)18-11/h8-9,11H,4-7H2,1-3H3. The first kappa shape index (κ1) is 15.7. The molecule has 0 spiro atoms. The highest BCUT2D eigenvalue weighted by atomic mass is 32.2. The number of carbonyl (C=O) groups excluding carboxylic acids is 2. The van der Waals surface area contributed by atoms with E-state index in [-0.39, 0.29) is 23.9 Å². The van der Waals surface area contributed by atoms with Crippen molar-refractivity contribution in [1.82, 2.24) is 0 Å². The molecule has 0 N–H and O–H groups in total. The van der Waals surface area contributed by atoms with Gasteiger partial charge >= 0.3 is 11.9 Å². The van der Waals surface area contributed by atoms with Crippen LogP contribution in [0.25, 0.3) is 0 Å². The maximum Gasteiger partial charge on any atom is 0.345 e. The molecular weight excluding hydrogens is 272 g/mol. The smallest absolute Gasteiger partial charge is 0.345 e. The van der Waals surface area contributed by atoms with E-state index < -0.39 is 5.97 Å². The molecule has 0 aromatic rings. The van der Waals surface area contributed by atoms with Crippen LogP contribution in [0.5, 0.6) is 0 Å². The second kappa shape index (κ2) is 7.94. The van der Waals surface area contributed by atoms with E-state index >= 15 is 0 Å². The summed E-state index contributed by atoms with van der Waals surface area (Å²) >= 11 is 3.44. The number of hydrogen-bond acceptors (Lipinski definition) is 6. The number of ether oxygens (including phenoxy) is 2. The molecular formula is C12H20O4S2. The summed E-state index contributed by atoms with van der Waals surface area (Å²) in [6, 6.07) is 0. The van der Waals surface area contributed by atoms with E-state index in [1.807, 2.05) is 6.92 Å². The van der Waals surface area contributed by atoms with E-state index in [1.165, 1.54) is 0 Å². The summed E-state index contributed by atoms with van der Waals surface area (Å²) in [7, 11) is 0. The first-order chi connectivity index (χ1) is 8.52. The minimum Gasteiger partial charge on any atom is -0.453 e. The van der Waals surface area contributed by atoms with Crippen LogP contribution in [0.4, 0.5) is 0 Å². The highest BCUT2D eigenvalue weighted by molar-refractivity contribution is 8.07. The number of rotatable bonds is 5. The zero-order valence-corrected chi connectivity index (χ0v) is 12.6. The third-order valence-electron chi connectivity index (χ3n) is 2.60. The van der Waals surface area contributed by atoms with Crippen molar-refractivity contribution in [2.75, 3.05) is 18.1 Å². The zero-order valence-electron chi connectivity index (χ0n) is 11.0. The van der Waals surface area contributed by atoms with Gasteiger partial charge < -0.3 is 9.47 Å². The topological polar surface area (TPSA) is 52.6 Å². The summed E-state index contributed by atoms with van der Waals surface area (Å²) < 4.78 is 10.1. The molecule has 18 heavy (non-hydrogen) atoms. The predicted molar refractivity (Wildman–Crippen MR) is 74.7 cm³/mol. The van der Waals surface area contributed by atoms with Gasteiger partial charge in [0.05, 0.1) is 5.92 Å². The Morgan fingerprint density at radius 1 is 1.39 bits per heavy atom. The molecule has 0 amide bonds. The van der Waals surface area contributed by atoms with Crippen molar-refractivity contribution in [2.24, 2.45) is 5.92 Å². The van der Waals surface area contributed by atoms with Crippen molar-refractivity contribution in [3.05, 3.63) is 0 Å². The van der Waals surface area contributed by atoms with Crippen LogP contribution in [0.15, 0.2) is 0 Å². The lowest BCUT2D eigenvalue weighted by Gasteiger charge is -2.25. The first-order valence-corrected chi connectivity index (χ1v) is 8.22. The molecule has 4 nitrogen and oxygen atoms in total. The van der Waals surface area contributed by atoms with Gasteiger partial charge in [-0.05, 0) is 6.42 Å². The summed E-state index contributed by atoms with van der Waals surface area (Å²) in [5.74, 6) is 0.923. The molecule has 1 fully saturated rings. The predicted octanol–water partition coefficient (Wildman–Crippen LogP) is 2.31. The average molecular weight is 292 g/mol. The van der Waals surface area contributed by atoms with Crippen molar-refractivity contribution in [2.45, 2.75) is 37.9 Å². The zero-order chi connectivity index (χ0) is 13.5. The Labute approximate surface area is 117 Å². The SMILES string of the molecule is CCC(C)C(=O)OCC(=O)OC1CSCC(C)S1. The molecule has 1 heterocycles. The van der Waals surface area contributed by atoms with Crippen molar-refractivity contribution in [1.29, 1.82) is 0 Å². The Morgan fingerprint density at radius 3 is 2.72 bits per heavy atom. The van der Waals surface area contributed by atoms with Gasteiger partial charge in [0, 0.05) is 16.8 Å². The normalized spacial score (nSPS) is 25.3. The number of hydrogen-bond donors (Lipinski definition) is 0. The van der Waals surface area contributed by atoms with Crippen molar-refractivity contribution in [3.8, 4) is 0 Å². The van der Waals surface area contributed by atoms with Gasteiger partial charge in [-0.3, -0.25) is 4.79 Å². The van der Waals surface area contributed by atoms with E-state index in [2.05, 4.69) is 6.92 Å². The molecule has 0 aromatic heterocycles. The van der Waals surface area contributed by atoms with Gasteiger partial charge in [0.25, 0.3) is 0 Å². The fourth-order valence-electron chi connectivity index (χ4n) is 1.35. The summed E-state index contributed by atoms with van der Waals surface area (Å²) in [5, 5.41) is 0.490. The summed E-state index contributed by atoms with van der Waals surface area (Å²) in [4.78, 5) is 22.9. The Balaban J connectivity index is 2.23. The maximum atomic E-state index is 11.5. The van der Waals surface area contributed by atoms with Crippen LogP contribution in [0.2, 0.25) is 0 Å². The Kier molecular flexibility index (Phi) is 6.92. The van der Waals surface area contributed by atoms with Gasteiger partial charge in [-0.2, -0.15) is 11.8 Å².